The van der Waals surface area contributed by atoms with Crippen LogP contribution in [-0.2, 0) is 28.6 Å². The average molecular weight is 352 g/mol. The van der Waals surface area contributed by atoms with E-state index >= 15 is 0 Å². The van der Waals surface area contributed by atoms with Crippen molar-refractivity contribution in [3.05, 3.63) is 12.2 Å². The van der Waals surface area contributed by atoms with E-state index in [0.29, 0.717) is 0 Å². The van der Waals surface area contributed by atoms with Gasteiger partial charge in [-0.3, -0.25) is 4.79 Å². The van der Waals surface area contributed by atoms with Crippen molar-refractivity contribution in [2.24, 2.45) is 0 Å². The lowest BCUT2D eigenvalue weighted by molar-refractivity contribution is -0.162. The molecule has 140 valence electrons. The minimum absolute atomic E-state index is 0.00808. The second-order valence-electron chi connectivity index (χ2n) is 6.86. The normalized spacial score (nSPS) is 19.0. The molecule has 2 aliphatic rings. The number of rotatable bonds is 7. The number of carbonyl (C=O) groups is 3. The summed E-state index contributed by atoms with van der Waals surface area (Å²) >= 11 is 0. The molecule has 0 aromatic heterocycles. The predicted octanol–water partition coefficient (Wildman–Crippen LogP) is 3.23. The number of carbonyl (C=O) groups excluding carboxylic acids is 3. The summed E-state index contributed by atoms with van der Waals surface area (Å²) in [5, 5.41) is 0. The molecular weight excluding hydrogens is 324 g/mol. The van der Waals surface area contributed by atoms with Gasteiger partial charge in [-0.2, -0.15) is 0 Å². The maximum absolute atomic E-state index is 11.8. The van der Waals surface area contributed by atoms with Gasteiger partial charge in [0.25, 0.3) is 0 Å². The Morgan fingerprint density at radius 3 is 1.76 bits per heavy atom. The van der Waals surface area contributed by atoms with E-state index in [4.69, 9.17) is 14.2 Å². The molecule has 2 rings (SSSR count). The molecule has 0 unspecified atom stereocenters. The van der Waals surface area contributed by atoms with E-state index in [-0.39, 0.29) is 24.2 Å². The second-order valence-corrected chi connectivity index (χ2v) is 6.86. The van der Waals surface area contributed by atoms with Crippen LogP contribution in [0.2, 0.25) is 0 Å². The molecule has 2 fully saturated rings. The molecule has 0 spiro atoms. The van der Waals surface area contributed by atoms with E-state index in [9.17, 15) is 14.4 Å². The van der Waals surface area contributed by atoms with Crippen LogP contribution in [0.1, 0.15) is 70.6 Å². The Balaban J connectivity index is 1.62. The van der Waals surface area contributed by atoms with E-state index < -0.39 is 24.5 Å². The molecular formula is C19H28O6. The Bertz CT molecular complexity index is 486. The average Bonchev–Trinajstić information content (AvgIpc) is 2.61. The van der Waals surface area contributed by atoms with Crippen molar-refractivity contribution in [1.29, 1.82) is 0 Å². The van der Waals surface area contributed by atoms with E-state index in [1.807, 2.05) is 0 Å². The molecule has 0 amide bonds. The first kappa shape index (κ1) is 19.5. The van der Waals surface area contributed by atoms with Crippen LogP contribution in [0.5, 0.6) is 0 Å². The first-order chi connectivity index (χ1) is 12.0. The van der Waals surface area contributed by atoms with Crippen molar-refractivity contribution >= 4 is 17.9 Å². The van der Waals surface area contributed by atoms with Gasteiger partial charge in [-0.15, -0.1) is 0 Å². The highest BCUT2D eigenvalue weighted by atomic mass is 16.6. The van der Waals surface area contributed by atoms with Crippen LogP contribution in [0.25, 0.3) is 0 Å². The standard InChI is InChI=1S/C19H28O6/c1-14(12-17(20)24-15-8-4-2-5-9-15)19(22)23-13-18(21)25-16-10-6-3-7-11-16/h15-16H,1-13H2. The second kappa shape index (κ2) is 10.2. The van der Waals surface area contributed by atoms with Crippen LogP contribution in [0.4, 0.5) is 0 Å². The van der Waals surface area contributed by atoms with Gasteiger partial charge < -0.3 is 14.2 Å². The minimum Gasteiger partial charge on any atom is -0.462 e. The largest absolute Gasteiger partial charge is 0.462 e. The van der Waals surface area contributed by atoms with Crippen LogP contribution in [0, 0.1) is 0 Å². The molecule has 2 aliphatic carbocycles. The summed E-state index contributed by atoms with van der Waals surface area (Å²) in [7, 11) is 0. The molecule has 0 saturated heterocycles. The zero-order valence-corrected chi connectivity index (χ0v) is 14.8. The Morgan fingerprint density at radius 2 is 1.24 bits per heavy atom. The molecule has 0 radical (unpaired) electrons. The van der Waals surface area contributed by atoms with Crippen molar-refractivity contribution < 1.29 is 28.6 Å². The molecule has 6 nitrogen and oxygen atoms in total. The van der Waals surface area contributed by atoms with E-state index in [0.717, 1.165) is 51.4 Å². The highest BCUT2D eigenvalue weighted by molar-refractivity contribution is 5.94. The monoisotopic (exact) mass is 352 g/mol. The fraction of sp³-hybridized carbons (Fsp3) is 0.737. The van der Waals surface area contributed by atoms with Crippen LogP contribution in [-0.4, -0.2) is 36.7 Å². The fourth-order valence-electron chi connectivity index (χ4n) is 3.29. The van der Waals surface area contributed by atoms with Gasteiger partial charge in [-0.05, 0) is 51.4 Å². The zero-order valence-electron chi connectivity index (χ0n) is 14.8. The number of hydrogen-bond acceptors (Lipinski definition) is 6. The summed E-state index contributed by atoms with van der Waals surface area (Å²) in [6, 6.07) is 0. The topological polar surface area (TPSA) is 78.9 Å². The van der Waals surface area contributed by atoms with Crippen molar-refractivity contribution in [1.82, 2.24) is 0 Å². The van der Waals surface area contributed by atoms with Gasteiger partial charge in [0.15, 0.2) is 6.61 Å². The quantitative estimate of drug-likeness (QED) is 0.398. The maximum Gasteiger partial charge on any atom is 0.344 e. The molecule has 25 heavy (non-hydrogen) atoms. The third kappa shape index (κ3) is 7.28. The molecule has 0 atom stereocenters. The van der Waals surface area contributed by atoms with Gasteiger partial charge in [-0.25, -0.2) is 9.59 Å². The zero-order chi connectivity index (χ0) is 18.1. The Labute approximate surface area is 148 Å². The summed E-state index contributed by atoms with van der Waals surface area (Å²) in [5.41, 5.74) is -0.00808. The smallest absolute Gasteiger partial charge is 0.344 e. The molecule has 0 N–H and O–H groups in total. The van der Waals surface area contributed by atoms with Gasteiger partial charge in [0.1, 0.15) is 12.2 Å². The molecule has 2 saturated carbocycles. The van der Waals surface area contributed by atoms with Gasteiger partial charge in [-0.1, -0.05) is 19.4 Å². The van der Waals surface area contributed by atoms with Crippen LogP contribution < -0.4 is 0 Å². The molecule has 0 bridgehead atoms. The van der Waals surface area contributed by atoms with Crippen LogP contribution in [0.15, 0.2) is 12.2 Å². The van der Waals surface area contributed by atoms with Crippen LogP contribution in [0.3, 0.4) is 0 Å². The third-order valence-electron chi connectivity index (χ3n) is 4.67. The van der Waals surface area contributed by atoms with Crippen LogP contribution >= 0.6 is 0 Å². The lowest BCUT2D eigenvalue weighted by Gasteiger charge is -2.22. The van der Waals surface area contributed by atoms with E-state index in [1.165, 1.54) is 12.8 Å². The van der Waals surface area contributed by atoms with Gasteiger partial charge in [0.2, 0.25) is 0 Å². The van der Waals surface area contributed by atoms with Crippen molar-refractivity contribution in [3.8, 4) is 0 Å². The van der Waals surface area contributed by atoms with Gasteiger partial charge in [0.05, 0.1) is 6.42 Å². The van der Waals surface area contributed by atoms with Crippen molar-refractivity contribution in [2.75, 3.05) is 6.61 Å². The molecule has 0 aromatic rings. The van der Waals surface area contributed by atoms with Crippen molar-refractivity contribution in [3.63, 3.8) is 0 Å². The van der Waals surface area contributed by atoms with Crippen molar-refractivity contribution in [2.45, 2.75) is 82.8 Å². The lowest BCUT2D eigenvalue weighted by atomic mass is 9.98. The van der Waals surface area contributed by atoms with Gasteiger partial charge in [0, 0.05) is 5.57 Å². The Kier molecular flexibility index (Phi) is 7.95. The summed E-state index contributed by atoms with van der Waals surface area (Å²) in [5.74, 6) is -1.79. The maximum atomic E-state index is 11.8. The minimum atomic E-state index is -0.763. The molecule has 6 heteroatoms. The Morgan fingerprint density at radius 1 is 0.760 bits per heavy atom. The van der Waals surface area contributed by atoms with E-state index in [2.05, 4.69) is 6.58 Å². The summed E-state index contributed by atoms with van der Waals surface area (Å²) in [6.07, 6.45) is 9.67. The first-order valence-corrected chi connectivity index (χ1v) is 9.28. The molecule has 0 heterocycles. The lowest BCUT2D eigenvalue weighted by Crippen LogP contribution is -2.25. The SMILES string of the molecule is C=C(CC(=O)OC1CCCCC1)C(=O)OCC(=O)OC1CCCCC1. The van der Waals surface area contributed by atoms with E-state index in [1.54, 1.807) is 0 Å². The number of hydrogen-bond donors (Lipinski definition) is 0. The highest BCUT2D eigenvalue weighted by Gasteiger charge is 2.22. The summed E-state index contributed by atoms with van der Waals surface area (Å²) in [6.45, 7) is 3.10. The Hall–Kier alpha value is -1.85. The number of esters is 3. The summed E-state index contributed by atoms with van der Waals surface area (Å²) < 4.78 is 15.5. The fourth-order valence-corrected chi connectivity index (χ4v) is 3.29. The van der Waals surface area contributed by atoms with Gasteiger partial charge >= 0.3 is 17.9 Å². The number of ether oxygens (including phenoxy) is 3. The summed E-state index contributed by atoms with van der Waals surface area (Å²) in [4.78, 5) is 35.4. The molecule has 0 aromatic carbocycles. The molecule has 0 aliphatic heterocycles. The third-order valence-corrected chi connectivity index (χ3v) is 4.67. The highest BCUT2D eigenvalue weighted by Crippen LogP contribution is 2.22. The first-order valence-electron chi connectivity index (χ1n) is 9.28. The predicted molar refractivity (Wildman–Crippen MR) is 90.6 cm³/mol.